The summed E-state index contributed by atoms with van der Waals surface area (Å²) in [5.74, 6) is 0.529. The summed E-state index contributed by atoms with van der Waals surface area (Å²) in [4.78, 5) is 21.8. The number of anilines is 1. The summed E-state index contributed by atoms with van der Waals surface area (Å²) in [7, 11) is 0.489. The van der Waals surface area contributed by atoms with E-state index >= 15 is 0 Å². The lowest BCUT2D eigenvalue weighted by Gasteiger charge is -2.21. The van der Waals surface area contributed by atoms with Gasteiger partial charge in [0.15, 0.2) is 15.0 Å². The fourth-order valence-corrected chi connectivity index (χ4v) is 5.92. The van der Waals surface area contributed by atoms with E-state index < -0.39 is 9.84 Å². The van der Waals surface area contributed by atoms with E-state index in [1.54, 1.807) is 17.0 Å². The second-order valence-corrected chi connectivity index (χ2v) is 11.7. The van der Waals surface area contributed by atoms with E-state index in [0.717, 1.165) is 28.9 Å². The molecule has 0 fully saturated rings. The molecule has 184 valence electrons. The van der Waals surface area contributed by atoms with Crippen LogP contribution in [-0.2, 0) is 14.6 Å². The van der Waals surface area contributed by atoms with Crippen molar-refractivity contribution < 1.29 is 17.9 Å². The minimum atomic E-state index is -3.48. The number of benzene rings is 2. The maximum Gasteiger partial charge on any atom is 0.228 e. The second kappa shape index (κ2) is 12.0. The summed E-state index contributed by atoms with van der Waals surface area (Å²) in [6.07, 6.45) is 1.13. The molecule has 0 bridgehead atoms. The quantitative estimate of drug-likeness (QED) is 0.336. The molecule has 1 amide bonds. The first-order valence-corrected chi connectivity index (χ1v) is 14.0. The highest BCUT2D eigenvalue weighted by Gasteiger charge is 2.21. The molecule has 7 nitrogen and oxygen atoms in total. The molecule has 2 aromatic carbocycles. The number of nitrogens with zero attached hydrogens (tertiary/aromatic N) is 3. The molecule has 0 saturated carbocycles. The number of halogens is 1. The van der Waals surface area contributed by atoms with E-state index in [1.165, 1.54) is 23.5 Å². The van der Waals surface area contributed by atoms with Crippen molar-refractivity contribution in [2.75, 3.05) is 44.4 Å². The topological polar surface area (TPSA) is 79.8 Å². The lowest BCUT2D eigenvalue weighted by atomic mass is 10.3. The van der Waals surface area contributed by atoms with Crippen molar-refractivity contribution in [3.8, 4) is 5.75 Å². The summed E-state index contributed by atoms with van der Waals surface area (Å²) >= 11 is 7.29. The van der Waals surface area contributed by atoms with Gasteiger partial charge in [-0.25, -0.2) is 13.4 Å². The summed E-state index contributed by atoms with van der Waals surface area (Å²) < 4.78 is 31.8. The van der Waals surface area contributed by atoms with Crippen LogP contribution >= 0.6 is 22.9 Å². The number of fused-ring (bicyclic) bond motifs is 1. The van der Waals surface area contributed by atoms with Gasteiger partial charge in [-0.1, -0.05) is 22.9 Å². The van der Waals surface area contributed by atoms with Crippen LogP contribution in [0.2, 0.25) is 5.02 Å². The first kappa shape index (κ1) is 26.4. The predicted octanol–water partition coefficient (Wildman–Crippen LogP) is 4.89. The number of carbonyl (C=O) groups is 1. The van der Waals surface area contributed by atoms with E-state index in [4.69, 9.17) is 16.3 Å². The Bertz CT molecular complexity index is 1210. The van der Waals surface area contributed by atoms with Crippen LogP contribution in [0.25, 0.3) is 10.2 Å². The third kappa shape index (κ3) is 7.15. The van der Waals surface area contributed by atoms with E-state index in [2.05, 4.69) is 9.88 Å². The average molecular weight is 524 g/mol. The summed E-state index contributed by atoms with van der Waals surface area (Å²) in [6.45, 7) is 3.85. The van der Waals surface area contributed by atoms with E-state index in [-0.39, 0.29) is 29.4 Å². The third-order valence-corrected chi connectivity index (χ3v) is 8.26. The van der Waals surface area contributed by atoms with Crippen LogP contribution in [0.5, 0.6) is 5.75 Å². The molecule has 0 aliphatic carbocycles. The minimum Gasteiger partial charge on any atom is -0.494 e. The second-order valence-electron chi connectivity index (χ2n) is 8.14. The molecule has 34 heavy (non-hydrogen) atoms. The Morgan fingerprint density at radius 2 is 1.82 bits per heavy atom. The predicted molar refractivity (Wildman–Crippen MR) is 139 cm³/mol. The van der Waals surface area contributed by atoms with E-state index in [1.807, 2.05) is 39.2 Å². The highest BCUT2D eigenvalue weighted by molar-refractivity contribution is 7.91. The molecule has 0 saturated heterocycles. The molecule has 10 heteroatoms. The SMILES string of the molecule is CCOc1ccc2nc(N(CCCN(C)C)C(=O)CCCS(=O)(=O)c3ccc(Cl)cc3)sc2c1. The highest BCUT2D eigenvalue weighted by Crippen LogP contribution is 2.32. The van der Waals surface area contributed by atoms with Gasteiger partial charge in [-0.3, -0.25) is 9.69 Å². The van der Waals surface area contributed by atoms with Gasteiger partial charge in [0, 0.05) is 18.0 Å². The van der Waals surface area contributed by atoms with Gasteiger partial charge in [0.1, 0.15) is 5.75 Å². The van der Waals surface area contributed by atoms with Crippen molar-refractivity contribution in [3.63, 3.8) is 0 Å². The van der Waals surface area contributed by atoms with Gasteiger partial charge in [-0.2, -0.15) is 0 Å². The zero-order valence-electron chi connectivity index (χ0n) is 19.7. The zero-order valence-corrected chi connectivity index (χ0v) is 22.0. The number of carbonyl (C=O) groups excluding carboxylic acids is 1. The highest BCUT2D eigenvalue weighted by atomic mass is 35.5. The summed E-state index contributed by atoms with van der Waals surface area (Å²) in [5.41, 5.74) is 0.805. The third-order valence-electron chi connectivity index (χ3n) is 5.16. The van der Waals surface area contributed by atoms with Gasteiger partial charge < -0.3 is 9.64 Å². The minimum absolute atomic E-state index is 0.108. The molecule has 0 radical (unpaired) electrons. The zero-order chi connectivity index (χ0) is 24.7. The number of hydrogen-bond acceptors (Lipinski definition) is 7. The van der Waals surface area contributed by atoms with Crippen LogP contribution in [0.3, 0.4) is 0 Å². The monoisotopic (exact) mass is 523 g/mol. The molecule has 0 spiro atoms. The standard InChI is InChI=1S/C24H30ClN3O4S2/c1-4-32-19-10-13-21-22(17-19)33-24(26-21)28(15-6-14-27(2)3)23(29)7-5-16-34(30,31)20-11-8-18(25)9-12-20/h8-13,17H,4-7,14-16H2,1-3H3. The summed E-state index contributed by atoms with van der Waals surface area (Å²) in [5, 5.41) is 1.10. The Morgan fingerprint density at radius 1 is 1.09 bits per heavy atom. The Hall–Kier alpha value is -2.20. The fourth-order valence-electron chi connectivity index (χ4n) is 3.44. The van der Waals surface area contributed by atoms with E-state index in [9.17, 15) is 13.2 Å². The fraction of sp³-hybridized carbons (Fsp3) is 0.417. The number of rotatable bonds is 12. The Kier molecular flexibility index (Phi) is 9.30. The average Bonchev–Trinajstić information content (AvgIpc) is 3.19. The molecule has 0 unspecified atom stereocenters. The number of ether oxygens (including phenoxy) is 1. The van der Waals surface area contributed by atoms with Crippen molar-refractivity contribution in [2.45, 2.75) is 31.1 Å². The largest absolute Gasteiger partial charge is 0.494 e. The molecule has 0 N–H and O–H groups in total. The van der Waals surface area contributed by atoms with Crippen LogP contribution in [0, 0.1) is 0 Å². The Morgan fingerprint density at radius 3 is 2.50 bits per heavy atom. The van der Waals surface area contributed by atoms with Gasteiger partial charge in [0.2, 0.25) is 5.91 Å². The van der Waals surface area contributed by atoms with Crippen LogP contribution in [0.15, 0.2) is 47.4 Å². The Balaban J connectivity index is 1.72. The first-order chi connectivity index (χ1) is 16.2. The van der Waals surface area contributed by atoms with Crippen molar-refractivity contribution in [1.82, 2.24) is 9.88 Å². The smallest absolute Gasteiger partial charge is 0.228 e. The number of hydrogen-bond donors (Lipinski definition) is 0. The molecule has 1 aromatic heterocycles. The summed E-state index contributed by atoms with van der Waals surface area (Å²) in [6, 6.07) is 11.8. The molecular formula is C24H30ClN3O4S2. The normalized spacial score (nSPS) is 11.8. The molecule has 0 atom stereocenters. The molecule has 0 aliphatic rings. The number of aromatic nitrogens is 1. The van der Waals surface area contributed by atoms with Crippen LogP contribution < -0.4 is 9.64 Å². The van der Waals surface area contributed by atoms with Crippen molar-refractivity contribution in [3.05, 3.63) is 47.5 Å². The molecule has 3 rings (SSSR count). The van der Waals surface area contributed by atoms with Crippen molar-refractivity contribution in [1.29, 1.82) is 0 Å². The lowest BCUT2D eigenvalue weighted by molar-refractivity contribution is -0.118. The van der Waals surface area contributed by atoms with Gasteiger partial charge in [0.05, 0.1) is 27.5 Å². The van der Waals surface area contributed by atoms with Crippen LogP contribution in [0.1, 0.15) is 26.2 Å². The van der Waals surface area contributed by atoms with Gasteiger partial charge in [-0.15, -0.1) is 0 Å². The van der Waals surface area contributed by atoms with Crippen LogP contribution in [0.4, 0.5) is 5.13 Å². The lowest BCUT2D eigenvalue weighted by Crippen LogP contribution is -2.33. The molecular weight excluding hydrogens is 494 g/mol. The molecule has 0 aliphatic heterocycles. The molecule has 3 aromatic rings. The number of amides is 1. The van der Waals surface area contributed by atoms with Crippen LogP contribution in [-0.4, -0.2) is 63.8 Å². The number of sulfone groups is 1. The van der Waals surface area contributed by atoms with Gasteiger partial charge in [-0.05, 0) is 82.9 Å². The number of thiazole rings is 1. The Labute approximate surface area is 210 Å². The maximum atomic E-state index is 13.2. The first-order valence-electron chi connectivity index (χ1n) is 11.2. The van der Waals surface area contributed by atoms with Gasteiger partial charge >= 0.3 is 0 Å². The maximum absolute atomic E-state index is 13.2. The van der Waals surface area contributed by atoms with Crippen molar-refractivity contribution in [2.24, 2.45) is 0 Å². The molecule has 1 heterocycles. The van der Waals surface area contributed by atoms with Gasteiger partial charge in [0.25, 0.3) is 0 Å². The van der Waals surface area contributed by atoms with Crippen molar-refractivity contribution >= 4 is 54.0 Å². The van der Waals surface area contributed by atoms with E-state index in [0.29, 0.717) is 23.3 Å².